The zero-order valence-electron chi connectivity index (χ0n) is 15.2. The number of benzene rings is 2. The molecule has 0 spiro atoms. The summed E-state index contributed by atoms with van der Waals surface area (Å²) in [6, 6.07) is 14.5. The molecule has 5 rings (SSSR count). The number of fused-ring (bicyclic) bond motifs is 1. The van der Waals surface area contributed by atoms with E-state index in [2.05, 4.69) is 15.5 Å². The Labute approximate surface area is 165 Å². The summed E-state index contributed by atoms with van der Waals surface area (Å²) in [6.07, 6.45) is 0.129. The van der Waals surface area contributed by atoms with Crippen LogP contribution in [0.3, 0.4) is 0 Å². The van der Waals surface area contributed by atoms with Crippen molar-refractivity contribution in [1.29, 1.82) is 0 Å². The first kappa shape index (κ1) is 17.2. The van der Waals surface area contributed by atoms with Gasteiger partial charge in [0.15, 0.2) is 11.5 Å². The Morgan fingerprint density at radius 3 is 2.76 bits per heavy atom. The summed E-state index contributed by atoms with van der Waals surface area (Å²) in [7, 11) is 0. The Kier molecular flexibility index (Phi) is 4.12. The highest BCUT2D eigenvalue weighted by molar-refractivity contribution is 6.03. The Bertz CT molecular complexity index is 1080. The fraction of sp³-hybridized carbons (Fsp3) is 0.200. The highest BCUT2D eigenvalue weighted by Crippen LogP contribution is 2.35. The molecule has 0 aliphatic carbocycles. The molecule has 1 atom stereocenters. The quantitative estimate of drug-likeness (QED) is 0.727. The SMILES string of the molecule is O=C(Nc1nnc(-c2ccc3c(c2)OCO3)o1)C1CC(=O)N(c2ccccc2)C1. The maximum Gasteiger partial charge on any atom is 0.322 e. The van der Waals surface area contributed by atoms with Crippen LogP contribution in [0, 0.1) is 5.92 Å². The van der Waals surface area contributed by atoms with E-state index >= 15 is 0 Å². The van der Waals surface area contributed by atoms with Gasteiger partial charge in [-0.2, -0.15) is 0 Å². The molecule has 0 radical (unpaired) electrons. The fourth-order valence-electron chi connectivity index (χ4n) is 3.37. The Balaban J connectivity index is 1.27. The van der Waals surface area contributed by atoms with E-state index in [1.54, 1.807) is 23.1 Å². The van der Waals surface area contributed by atoms with Gasteiger partial charge in [0.25, 0.3) is 0 Å². The second-order valence-corrected chi connectivity index (χ2v) is 6.71. The van der Waals surface area contributed by atoms with Gasteiger partial charge in [-0.25, -0.2) is 0 Å². The summed E-state index contributed by atoms with van der Waals surface area (Å²) in [6.45, 7) is 0.474. The second kappa shape index (κ2) is 6.93. The van der Waals surface area contributed by atoms with Crippen molar-refractivity contribution in [3.63, 3.8) is 0 Å². The number of rotatable bonds is 4. The monoisotopic (exact) mass is 392 g/mol. The Morgan fingerprint density at radius 1 is 1.07 bits per heavy atom. The molecule has 1 fully saturated rings. The number of hydrogen-bond donors (Lipinski definition) is 1. The number of hydrogen-bond acceptors (Lipinski definition) is 7. The lowest BCUT2D eigenvalue weighted by Gasteiger charge is -2.16. The molecule has 1 unspecified atom stereocenters. The van der Waals surface area contributed by atoms with Crippen molar-refractivity contribution in [2.75, 3.05) is 23.6 Å². The molecule has 1 N–H and O–H groups in total. The van der Waals surface area contributed by atoms with Gasteiger partial charge < -0.3 is 18.8 Å². The zero-order chi connectivity index (χ0) is 19.8. The fourth-order valence-corrected chi connectivity index (χ4v) is 3.37. The summed E-state index contributed by atoms with van der Waals surface area (Å²) in [4.78, 5) is 26.5. The molecule has 2 amide bonds. The molecule has 9 nitrogen and oxygen atoms in total. The van der Waals surface area contributed by atoms with E-state index in [4.69, 9.17) is 13.9 Å². The van der Waals surface area contributed by atoms with E-state index in [0.717, 1.165) is 5.69 Å². The Morgan fingerprint density at radius 2 is 1.90 bits per heavy atom. The molecule has 3 aromatic rings. The molecule has 2 aromatic carbocycles. The first-order valence-electron chi connectivity index (χ1n) is 9.07. The van der Waals surface area contributed by atoms with Crippen molar-refractivity contribution in [2.45, 2.75) is 6.42 Å². The number of ether oxygens (including phenoxy) is 2. The van der Waals surface area contributed by atoms with Gasteiger partial charge in [0.2, 0.25) is 24.5 Å². The average Bonchev–Trinajstić information content (AvgIpc) is 3.47. The van der Waals surface area contributed by atoms with E-state index in [1.807, 2.05) is 30.3 Å². The third-order valence-corrected chi connectivity index (χ3v) is 4.84. The molecule has 2 aliphatic rings. The van der Waals surface area contributed by atoms with Gasteiger partial charge in [0.05, 0.1) is 5.92 Å². The van der Waals surface area contributed by atoms with E-state index in [0.29, 0.717) is 23.6 Å². The van der Waals surface area contributed by atoms with Crippen LogP contribution in [0.5, 0.6) is 11.5 Å². The van der Waals surface area contributed by atoms with Crippen LogP contribution in [-0.2, 0) is 9.59 Å². The topological polar surface area (TPSA) is 107 Å². The van der Waals surface area contributed by atoms with Crippen molar-refractivity contribution in [1.82, 2.24) is 10.2 Å². The number of carbonyl (C=O) groups is 2. The molecule has 9 heteroatoms. The van der Waals surface area contributed by atoms with E-state index in [1.165, 1.54) is 0 Å². The number of para-hydroxylation sites is 1. The van der Waals surface area contributed by atoms with Crippen LogP contribution in [0.4, 0.5) is 11.7 Å². The van der Waals surface area contributed by atoms with E-state index < -0.39 is 5.92 Å². The van der Waals surface area contributed by atoms with E-state index in [9.17, 15) is 9.59 Å². The van der Waals surface area contributed by atoms with Crippen LogP contribution < -0.4 is 19.7 Å². The molecular formula is C20H16N4O5. The van der Waals surface area contributed by atoms with Crippen molar-refractivity contribution in [3.8, 4) is 23.0 Å². The minimum atomic E-state index is -0.497. The summed E-state index contributed by atoms with van der Waals surface area (Å²) in [5.41, 5.74) is 1.42. The molecule has 29 heavy (non-hydrogen) atoms. The summed E-state index contributed by atoms with van der Waals surface area (Å²) in [5.74, 6) is 0.559. The summed E-state index contributed by atoms with van der Waals surface area (Å²) < 4.78 is 16.2. The summed E-state index contributed by atoms with van der Waals surface area (Å²) in [5, 5.41) is 10.4. The summed E-state index contributed by atoms with van der Waals surface area (Å²) >= 11 is 0. The maximum absolute atomic E-state index is 12.6. The molecule has 1 saturated heterocycles. The predicted molar refractivity (Wildman–Crippen MR) is 101 cm³/mol. The molecule has 0 saturated carbocycles. The highest BCUT2D eigenvalue weighted by atomic mass is 16.7. The van der Waals surface area contributed by atoms with Crippen LogP contribution in [0.15, 0.2) is 52.9 Å². The second-order valence-electron chi connectivity index (χ2n) is 6.71. The van der Waals surface area contributed by atoms with Crippen LogP contribution in [0.2, 0.25) is 0 Å². The van der Waals surface area contributed by atoms with Gasteiger partial charge in [-0.05, 0) is 30.3 Å². The molecule has 3 heterocycles. The number of anilines is 2. The first-order chi connectivity index (χ1) is 14.2. The molecule has 2 aliphatic heterocycles. The average molecular weight is 392 g/mol. The number of nitrogens with zero attached hydrogens (tertiary/aromatic N) is 3. The number of carbonyl (C=O) groups excluding carboxylic acids is 2. The van der Waals surface area contributed by atoms with E-state index in [-0.39, 0.29) is 36.9 Å². The number of nitrogens with one attached hydrogen (secondary N) is 1. The van der Waals surface area contributed by atoms with Crippen molar-refractivity contribution in [3.05, 3.63) is 48.5 Å². The number of amides is 2. The van der Waals surface area contributed by atoms with Gasteiger partial charge in [-0.3, -0.25) is 14.9 Å². The first-order valence-corrected chi connectivity index (χ1v) is 9.07. The normalized spacial score (nSPS) is 17.6. The lowest BCUT2D eigenvalue weighted by molar-refractivity contribution is -0.122. The number of aromatic nitrogens is 2. The largest absolute Gasteiger partial charge is 0.454 e. The molecule has 146 valence electrons. The van der Waals surface area contributed by atoms with Gasteiger partial charge >= 0.3 is 6.01 Å². The Hall–Kier alpha value is -3.88. The van der Waals surface area contributed by atoms with Gasteiger partial charge in [0, 0.05) is 24.2 Å². The van der Waals surface area contributed by atoms with Crippen LogP contribution >= 0.6 is 0 Å². The lowest BCUT2D eigenvalue weighted by Crippen LogP contribution is -2.28. The molecule has 1 aromatic heterocycles. The molecular weight excluding hydrogens is 376 g/mol. The van der Waals surface area contributed by atoms with Crippen LogP contribution in [-0.4, -0.2) is 35.3 Å². The minimum Gasteiger partial charge on any atom is -0.454 e. The smallest absolute Gasteiger partial charge is 0.322 e. The van der Waals surface area contributed by atoms with Gasteiger partial charge in [-0.1, -0.05) is 23.3 Å². The predicted octanol–water partition coefficient (Wildman–Crippen LogP) is 2.46. The highest BCUT2D eigenvalue weighted by Gasteiger charge is 2.35. The van der Waals surface area contributed by atoms with Crippen molar-refractivity contribution < 1.29 is 23.5 Å². The van der Waals surface area contributed by atoms with Crippen LogP contribution in [0.1, 0.15) is 6.42 Å². The van der Waals surface area contributed by atoms with Crippen molar-refractivity contribution in [2.24, 2.45) is 5.92 Å². The lowest BCUT2D eigenvalue weighted by atomic mass is 10.1. The van der Waals surface area contributed by atoms with Gasteiger partial charge in [-0.15, -0.1) is 5.10 Å². The maximum atomic E-state index is 12.6. The third kappa shape index (κ3) is 3.27. The third-order valence-electron chi connectivity index (χ3n) is 4.84. The van der Waals surface area contributed by atoms with Gasteiger partial charge in [0.1, 0.15) is 0 Å². The zero-order valence-corrected chi connectivity index (χ0v) is 15.2. The standard InChI is InChI=1S/C20H16N4O5/c25-17-9-13(10-24(17)14-4-2-1-3-5-14)18(26)21-20-23-22-19(29-20)12-6-7-15-16(8-12)28-11-27-15/h1-8,13H,9-11H2,(H,21,23,26). The minimum absolute atomic E-state index is 0.0201. The van der Waals surface area contributed by atoms with Crippen LogP contribution in [0.25, 0.3) is 11.5 Å². The van der Waals surface area contributed by atoms with Crippen molar-refractivity contribution >= 4 is 23.5 Å². The molecule has 0 bridgehead atoms.